The van der Waals surface area contributed by atoms with Crippen LogP contribution in [0.15, 0.2) is 77.2 Å². The van der Waals surface area contributed by atoms with Crippen LogP contribution in [0.3, 0.4) is 0 Å². The van der Waals surface area contributed by atoms with Crippen LogP contribution in [-0.4, -0.2) is 60.6 Å². The Morgan fingerprint density at radius 2 is 1.94 bits per heavy atom. The summed E-state index contributed by atoms with van der Waals surface area (Å²) in [5.74, 6) is 1.48. The van der Waals surface area contributed by atoms with Gasteiger partial charge < -0.3 is 20.1 Å². The van der Waals surface area contributed by atoms with Gasteiger partial charge in [-0.05, 0) is 42.0 Å². The van der Waals surface area contributed by atoms with E-state index in [9.17, 15) is 4.79 Å². The molecule has 0 atom stereocenters. The largest absolute Gasteiger partial charge is 0.497 e. The number of carbonyl (C=O) groups is 1. The number of amides is 1. The maximum absolute atomic E-state index is 11.4. The average Bonchev–Trinajstić information content (AvgIpc) is 2.89. The quantitative estimate of drug-likeness (QED) is 0.430. The molecule has 182 valence electrons. The minimum Gasteiger partial charge on any atom is -0.497 e. The third-order valence-corrected chi connectivity index (χ3v) is 6.64. The Kier molecular flexibility index (Phi) is 8.23. The van der Waals surface area contributed by atoms with Gasteiger partial charge in [-0.3, -0.25) is 9.69 Å². The fourth-order valence-electron chi connectivity index (χ4n) is 3.71. The normalized spacial score (nSPS) is 13.9. The molecule has 2 aromatic carbocycles. The van der Waals surface area contributed by atoms with Crippen molar-refractivity contribution in [1.29, 1.82) is 0 Å². The molecule has 1 fully saturated rings. The second-order valence-corrected chi connectivity index (χ2v) is 9.16. The maximum atomic E-state index is 11.4. The number of aromatic nitrogens is 2. The number of carbonyl (C=O) groups excluding carboxylic acids is 1. The van der Waals surface area contributed by atoms with Crippen molar-refractivity contribution >= 4 is 23.6 Å². The standard InChI is InChI=1S/C26H29N5O3S/c1-3-11-30-12-14-31(15-13-30)26-28-17-23(35-22-9-7-20(8-10-22)24(27)32)25(29-26)34-18-19-5-4-6-21(16-19)33-2/h3-10,16-17H,1,11-15,18H2,2H3,(H2,27,32). The van der Waals surface area contributed by atoms with Crippen molar-refractivity contribution < 1.29 is 14.3 Å². The highest BCUT2D eigenvalue weighted by Gasteiger charge is 2.20. The summed E-state index contributed by atoms with van der Waals surface area (Å²) < 4.78 is 11.5. The van der Waals surface area contributed by atoms with Crippen LogP contribution in [0.2, 0.25) is 0 Å². The minimum absolute atomic E-state index is 0.342. The first-order valence-electron chi connectivity index (χ1n) is 11.3. The Labute approximate surface area is 209 Å². The summed E-state index contributed by atoms with van der Waals surface area (Å²) in [4.78, 5) is 27.1. The van der Waals surface area contributed by atoms with Crippen molar-refractivity contribution in [2.75, 3.05) is 44.7 Å². The van der Waals surface area contributed by atoms with Crippen molar-refractivity contribution in [1.82, 2.24) is 14.9 Å². The van der Waals surface area contributed by atoms with E-state index >= 15 is 0 Å². The van der Waals surface area contributed by atoms with Crippen molar-refractivity contribution in [3.05, 3.63) is 78.5 Å². The van der Waals surface area contributed by atoms with E-state index in [2.05, 4.69) is 21.4 Å². The number of benzene rings is 2. The lowest BCUT2D eigenvalue weighted by molar-refractivity contribution is 0.1000. The highest BCUT2D eigenvalue weighted by molar-refractivity contribution is 7.99. The molecule has 2 N–H and O–H groups in total. The summed E-state index contributed by atoms with van der Waals surface area (Å²) in [7, 11) is 1.64. The average molecular weight is 492 g/mol. The summed E-state index contributed by atoms with van der Waals surface area (Å²) in [5, 5.41) is 0. The molecule has 1 aliphatic heterocycles. The molecule has 0 spiro atoms. The molecule has 9 heteroatoms. The Morgan fingerprint density at radius 3 is 2.63 bits per heavy atom. The van der Waals surface area contributed by atoms with E-state index in [0.717, 1.165) is 53.8 Å². The summed E-state index contributed by atoms with van der Waals surface area (Å²) in [6.07, 6.45) is 3.73. The third-order valence-electron chi connectivity index (χ3n) is 5.63. The third kappa shape index (κ3) is 6.52. The number of nitrogens with two attached hydrogens (primary N) is 1. The molecule has 8 nitrogen and oxygen atoms in total. The number of hydrogen-bond donors (Lipinski definition) is 1. The van der Waals surface area contributed by atoms with Gasteiger partial charge in [-0.25, -0.2) is 4.98 Å². The molecule has 3 aromatic rings. The van der Waals surface area contributed by atoms with Gasteiger partial charge in [0, 0.05) is 43.2 Å². The van der Waals surface area contributed by atoms with Crippen molar-refractivity contribution in [3.8, 4) is 11.6 Å². The molecule has 35 heavy (non-hydrogen) atoms. The highest BCUT2D eigenvalue weighted by atomic mass is 32.2. The Balaban J connectivity index is 1.55. The number of hydrogen-bond acceptors (Lipinski definition) is 8. The maximum Gasteiger partial charge on any atom is 0.248 e. The van der Waals surface area contributed by atoms with E-state index in [1.165, 1.54) is 11.8 Å². The fraction of sp³-hybridized carbons (Fsp3) is 0.269. The van der Waals surface area contributed by atoms with Gasteiger partial charge in [-0.2, -0.15) is 4.98 Å². The van der Waals surface area contributed by atoms with Crippen LogP contribution in [0.5, 0.6) is 11.6 Å². The summed E-state index contributed by atoms with van der Waals surface area (Å²) in [5.41, 5.74) is 6.80. The van der Waals surface area contributed by atoms with Gasteiger partial charge in [0.1, 0.15) is 12.4 Å². The first-order valence-corrected chi connectivity index (χ1v) is 12.2. The van der Waals surface area contributed by atoms with Gasteiger partial charge in [-0.1, -0.05) is 30.0 Å². The lowest BCUT2D eigenvalue weighted by atomic mass is 10.2. The molecule has 0 aliphatic carbocycles. The predicted molar refractivity (Wildman–Crippen MR) is 137 cm³/mol. The zero-order chi connectivity index (χ0) is 24.6. The second-order valence-electron chi connectivity index (χ2n) is 8.05. The molecular formula is C26H29N5O3S. The first kappa shape index (κ1) is 24.6. The van der Waals surface area contributed by atoms with Gasteiger partial charge in [-0.15, -0.1) is 6.58 Å². The van der Waals surface area contributed by atoms with E-state index in [1.807, 2.05) is 42.5 Å². The van der Waals surface area contributed by atoms with Crippen LogP contribution in [0, 0.1) is 0 Å². The number of ether oxygens (including phenoxy) is 2. The molecule has 1 saturated heterocycles. The first-order chi connectivity index (χ1) is 17.1. The number of piperazine rings is 1. The highest BCUT2D eigenvalue weighted by Crippen LogP contribution is 2.35. The molecule has 0 saturated carbocycles. The van der Waals surface area contributed by atoms with Crippen LogP contribution in [0.1, 0.15) is 15.9 Å². The Hall–Kier alpha value is -3.56. The molecule has 0 radical (unpaired) electrons. The smallest absolute Gasteiger partial charge is 0.248 e. The monoisotopic (exact) mass is 491 g/mol. The Bertz CT molecular complexity index is 1160. The van der Waals surface area contributed by atoms with Crippen LogP contribution in [-0.2, 0) is 6.61 Å². The van der Waals surface area contributed by atoms with Crippen LogP contribution < -0.4 is 20.1 Å². The number of primary amides is 1. The predicted octanol–water partition coefficient (Wildman–Crippen LogP) is 3.62. The van der Waals surface area contributed by atoms with Gasteiger partial charge in [0.15, 0.2) is 0 Å². The van der Waals surface area contributed by atoms with Crippen LogP contribution in [0.4, 0.5) is 5.95 Å². The second kappa shape index (κ2) is 11.7. The van der Waals surface area contributed by atoms with E-state index in [4.69, 9.17) is 20.2 Å². The molecular weight excluding hydrogens is 462 g/mol. The fourth-order valence-corrected chi connectivity index (χ4v) is 4.54. The molecule has 1 aliphatic rings. The number of methoxy groups -OCH3 is 1. The Morgan fingerprint density at radius 1 is 1.17 bits per heavy atom. The molecule has 1 amide bonds. The minimum atomic E-state index is -0.454. The summed E-state index contributed by atoms with van der Waals surface area (Å²) in [6, 6.07) is 14.9. The van der Waals surface area contributed by atoms with Gasteiger partial charge in [0.25, 0.3) is 0 Å². The van der Waals surface area contributed by atoms with E-state index in [0.29, 0.717) is 24.0 Å². The zero-order valence-corrected chi connectivity index (χ0v) is 20.5. The number of rotatable bonds is 10. The van der Waals surface area contributed by atoms with Gasteiger partial charge in [0.2, 0.25) is 17.7 Å². The van der Waals surface area contributed by atoms with Gasteiger partial charge >= 0.3 is 0 Å². The van der Waals surface area contributed by atoms with Crippen molar-refractivity contribution in [3.63, 3.8) is 0 Å². The van der Waals surface area contributed by atoms with E-state index in [1.54, 1.807) is 25.4 Å². The van der Waals surface area contributed by atoms with Crippen molar-refractivity contribution in [2.45, 2.75) is 16.4 Å². The van der Waals surface area contributed by atoms with Gasteiger partial charge in [0.05, 0.1) is 18.2 Å². The molecule has 4 rings (SSSR count). The van der Waals surface area contributed by atoms with E-state index < -0.39 is 5.91 Å². The zero-order valence-electron chi connectivity index (χ0n) is 19.7. The van der Waals surface area contributed by atoms with Crippen molar-refractivity contribution in [2.24, 2.45) is 5.73 Å². The summed E-state index contributed by atoms with van der Waals surface area (Å²) in [6.45, 7) is 8.58. The molecule has 0 bridgehead atoms. The SMILES string of the molecule is C=CCN1CCN(c2ncc(Sc3ccc(C(N)=O)cc3)c(OCc3cccc(OC)c3)n2)CC1. The van der Waals surface area contributed by atoms with Crippen LogP contribution in [0.25, 0.3) is 0 Å². The number of nitrogens with zero attached hydrogens (tertiary/aromatic N) is 4. The van der Waals surface area contributed by atoms with Crippen LogP contribution >= 0.6 is 11.8 Å². The topological polar surface area (TPSA) is 93.8 Å². The number of anilines is 1. The summed E-state index contributed by atoms with van der Waals surface area (Å²) >= 11 is 1.48. The lowest BCUT2D eigenvalue weighted by Gasteiger charge is -2.34. The lowest BCUT2D eigenvalue weighted by Crippen LogP contribution is -2.46. The molecule has 1 aromatic heterocycles. The molecule has 0 unspecified atom stereocenters. The molecule has 2 heterocycles. The van der Waals surface area contributed by atoms with E-state index in [-0.39, 0.29) is 0 Å².